The van der Waals surface area contributed by atoms with Crippen LogP contribution in [0, 0.1) is 5.92 Å². The maximum absolute atomic E-state index is 11.8. The predicted molar refractivity (Wildman–Crippen MR) is 71.9 cm³/mol. The zero-order valence-corrected chi connectivity index (χ0v) is 12.7. The summed E-state index contributed by atoms with van der Waals surface area (Å²) < 4.78 is 16.1. The number of rotatable bonds is 5. The molecule has 0 saturated heterocycles. The summed E-state index contributed by atoms with van der Waals surface area (Å²) in [5.74, 6) is -0.371. The van der Waals surface area contributed by atoms with E-state index in [2.05, 4.69) is 5.32 Å². The zero-order chi connectivity index (χ0) is 14.5. The molecule has 0 spiro atoms. The molecule has 0 aromatic carbocycles. The summed E-state index contributed by atoms with van der Waals surface area (Å²) in [4.78, 5) is 23.4. The number of carbonyl (C=O) groups excluding carboxylic acids is 2. The Morgan fingerprint density at radius 3 is 2.17 bits per heavy atom. The first-order valence-corrected chi connectivity index (χ1v) is 7.58. The number of hydrogen-bond acceptors (Lipinski definition) is 4. The predicted octanol–water partition coefficient (Wildman–Crippen LogP) is 1.48. The largest absolute Gasteiger partial charge is 0.616 e. The molecule has 0 aromatic rings. The van der Waals surface area contributed by atoms with Crippen molar-refractivity contribution in [3.8, 4) is 0 Å². The molecule has 0 saturated carbocycles. The maximum Gasteiger partial charge on any atom is 0.408 e. The minimum Gasteiger partial charge on any atom is -0.616 e. The van der Waals surface area contributed by atoms with E-state index in [9.17, 15) is 14.1 Å². The molecule has 0 rings (SSSR count). The highest BCUT2D eigenvalue weighted by Gasteiger charge is 2.28. The molecule has 0 aromatic heterocycles. The van der Waals surface area contributed by atoms with Gasteiger partial charge in [0.15, 0.2) is 5.75 Å². The van der Waals surface area contributed by atoms with Gasteiger partial charge >= 0.3 is 6.09 Å². The van der Waals surface area contributed by atoms with E-state index in [-0.39, 0.29) is 17.5 Å². The smallest absolute Gasteiger partial charge is 0.408 e. The van der Waals surface area contributed by atoms with Gasteiger partial charge in [0, 0.05) is 0 Å². The summed E-state index contributed by atoms with van der Waals surface area (Å²) in [5, 5.41) is 2.53. The van der Waals surface area contributed by atoms with Gasteiger partial charge in [-0.3, -0.25) is 4.79 Å². The third kappa shape index (κ3) is 7.55. The highest BCUT2D eigenvalue weighted by atomic mass is 32.2. The van der Waals surface area contributed by atoms with Crippen LogP contribution in [0.25, 0.3) is 0 Å². The van der Waals surface area contributed by atoms with Crippen molar-refractivity contribution in [2.75, 3.05) is 12.0 Å². The molecule has 1 amide bonds. The van der Waals surface area contributed by atoms with E-state index in [0.29, 0.717) is 0 Å². The fourth-order valence-electron chi connectivity index (χ4n) is 1.34. The van der Waals surface area contributed by atoms with Crippen molar-refractivity contribution in [2.45, 2.75) is 46.3 Å². The first kappa shape index (κ1) is 17.2. The molecule has 0 aliphatic carbocycles. The molecule has 1 unspecified atom stereocenters. The number of carbonyl (C=O) groups is 2. The third-order valence-electron chi connectivity index (χ3n) is 2.03. The number of nitrogens with one attached hydrogen (secondary N) is 1. The molecule has 2 atom stereocenters. The molecule has 18 heavy (non-hydrogen) atoms. The maximum atomic E-state index is 11.8. The van der Waals surface area contributed by atoms with Gasteiger partial charge in [0.2, 0.25) is 5.78 Å². The molecule has 0 fully saturated rings. The molecule has 0 radical (unpaired) electrons. The lowest BCUT2D eigenvalue weighted by Gasteiger charge is -2.24. The van der Waals surface area contributed by atoms with E-state index in [1.807, 2.05) is 13.8 Å². The molecular weight excluding hydrogens is 254 g/mol. The van der Waals surface area contributed by atoms with Crippen LogP contribution >= 0.6 is 0 Å². The fourth-order valence-corrected chi connectivity index (χ4v) is 1.92. The Hall–Kier alpha value is -0.750. The van der Waals surface area contributed by atoms with Crippen LogP contribution in [0.5, 0.6) is 0 Å². The number of alkyl carbamates (subject to hydrolysis) is 1. The SMILES string of the molecule is CC(C)[C@H](NC(=O)OC(C)(C)C)C(=O)C[S+](C)[O-]. The lowest BCUT2D eigenvalue weighted by Crippen LogP contribution is -2.48. The number of Topliss-reactive ketones (excluding diaryl/α,β-unsaturated/α-hetero) is 1. The molecule has 6 heteroatoms. The summed E-state index contributed by atoms with van der Waals surface area (Å²) in [6.45, 7) is 8.89. The second kappa shape index (κ2) is 6.99. The van der Waals surface area contributed by atoms with E-state index < -0.39 is 28.9 Å². The fraction of sp³-hybridized carbons (Fsp3) is 0.833. The van der Waals surface area contributed by atoms with Gasteiger partial charge in [0.05, 0.1) is 12.3 Å². The summed E-state index contributed by atoms with van der Waals surface area (Å²) in [6.07, 6.45) is 0.833. The average Bonchev–Trinajstić information content (AvgIpc) is 2.09. The van der Waals surface area contributed by atoms with E-state index in [0.717, 1.165) is 0 Å². The average molecular weight is 277 g/mol. The minimum atomic E-state index is -1.21. The van der Waals surface area contributed by atoms with Crippen LogP contribution in [0.4, 0.5) is 4.79 Å². The highest BCUT2D eigenvalue weighted by Crippen LogP contribution is 2.09. The molecule has 106 valence electrons. The van der Waals surface area contributed by atoms with E-state index in [1.165, 1.54) is 6.26 Å². The Morgan fingerprint density at radius 2 is 1.83 bits per heavy atom. The van der Waals surface area contributed by atoms with Crippen LogP contribution in [0.1, 0.15) is 34.6 Å². The summed E-state index contributed by atoms with van der Waals surface area (Å²) in [6, 6.07) is -0.663. The van der Waals surface area contributed by atoms with Gasteiger partial charge in [0.1, 0.15) is 5.60 Å². The van der Waals surface area contributed by atoms with Crippen LogP contribution in [0.2, 0.25) is 0 Å². The molecule has 0 bridgehead atoms. The van der Waals surface area contributed by atoms with Crippen molar-refractivity contribution in [2.24, 2.45) is 5.92 Å². The molecular formula is C12H23NO4S. The lowest BCUT2D eigenvalue weighted by molar-refractivity contribution is -0.119. The second-order valence-corrected chi connectivity index (χ2v) is 6.99. The molecule has 5 nitrogen and oxygen atoms in total. The van der Waals surface area contributed by atoms with Crippen molar-refractivity contribution in [1.82, 2.24) is 5.32 Å². The summed E-state index contributed by atoms with van der Waals surface area (Å²) in [5.41, 5.74) is -0.609. The molecule has 1 N–H and O–H groups in total. The lowest BCUT2D eigenvalue weighted by atomic mass is 10.0. The van der Waals surface area contributed by atoms with Crippen LogP contribution in [0.15, 0.2) is 0 Å². The van der Waals surface area contributed by atoms with E-state index >= 15 is 0 Å². The molecule has 0 heterocycles. The second-order valence-electron chi connectivity index (χ2n) is 5.55. The van der Waals surface area contributed by atoms with Crippen LogP contribution < -0.4 is 5.32 Å². The van der Waals surface area contributed by atoms with Gasteiger partial charge in [-0.25, -0.2) is 4.79 Å². The normalized spacial score (nSPS) is 15.1. The topological polar surface area (TPSA) is 78.5 Å². The van der Waals surface area contributed by atoms with Crippen LogP contribution in [-0.2, 0) is 20.7 Å². The van der Waals surface area contributed by atoms with Gasteiger partial charge in [-0.1, -0.05) is 13.8 Å². The standard InChI is InChI=1S/C12H23NO4S/c1-8(2)10(9(14)7-18(6)16)13-11(15)17-12(3,4)5/h8,10H,7H2,1-6H3,(H,13,15)/t10-,18?/m0/s1. The van der Waals surface area contributed by atoms with E-state index in [1.54, 1.807) is 20.8 Å². The Morgan fingerprint density at radius 1 is 1.33 bits per heavy atom. The Kier molecular flexibility index (Phi) is 6.70. The number of amides is 1. The van der Waals surface area contributed by atoms with Gasteiger partial charge < -0.3 is 14.6 Å². The van der Waals surface area contributed by atoms with Crippen molar-refractivity contribution in [3.63, 3.8) is 0 Å². The van der Waals surface area contributed by atoms with E-state index in [4.69, 9.17) is 4.74 Å². The van der Waals surface area contributed by atoms with Gasteiger partial charge in [-0.15, -0.1) is 0 Å². The van der Waals surface area contributed by atoms with Crippen molar-refractivity contribution in [3.05, 3.63) is 0 Å². The summed E-state index contributed by atoms with van der Waals surface area (Å²) >= 11 is -1.21. The Balaban J connectivity index is 4.54. The van der Waals surface area contributed by atoms with Crippen molar-refractivity contribution in [1.29, 1.82) is 0 Å². The van der Waals surface area contributed by atoms with Crippen LogP contribution in [0.3, 0.4) is 0 Å². The monoisotopic (exact) mass is 277 g/mol. The Labute approximate surface area is 112 Å². The minimum absolute atomic E-state index is 0.0569. The first-order valence-electron chi connectivity index (χ1n) is 5.85. The van der Waals surface area contributed by atoms with Crippen molar-refractivity contribution < 1.29 is 18.9 Å². The highest BCUT2D eigenvalue weighted by molar-refractivity contribution is 7.91. The van der Waals surface area contributed by atoms with Gasteiger partial charge in [-0.2, -0.15) is 0 Å². The third-order valence-corrected chi connectivity index (χ3v) is 2.72. The first-order chi connectivity index (χ1) is 8.03. The number of ether oxygens (including phenoxy) is 1. The Bertz CT molecular complexity index is 297. The number of hydrogen-bond donors (Lipinski definition) is 1. The zero-order valence-electron chi connectivity index (χ0n) is 11.9. The number of ketones is 1. The summed E-state index contributed by atoms with van der Waals surface area (Å²) in [7, 11) is 0. The quantitative estimate of drug-likeness (QED) is 0.772. The molecule has 0 aliphatic rings. The molecule has 0 aliphatic heterocycles. The van der Waals surface area contributed by atoms with Gasteiger partial charge in [0.25, 0.3) is 0 Å². The van der Waals surface area contributed by atoms with Gasteiger partial charge in [-0.05, 0) is 37.9 Å². The van der Waals surface area contributed by atoms with Crippen molar-refractivity contribution >= 4 is 23.1 Å². The van der Waals surface area contributed by atoms with Crippen LogP contribution in [-0.4, -0.2) is 40.1 Å².